The minimum Gasteiger partial charge on any atom is -0.467 e. The Balaban J connectivity index is 1.81. The zero-order chi connectivity index (χ0) is 21.0. The molecule has 2 aromatic rings. The summed E-state index contributed by atoms with van der Waals surface area (Å²) in [5.74, 6) is -0.615. The van der Waals surface area contributed by atoms with Gasteiger partial charge >= 0.3 is 12.1 Å². The van der Waals surface area contributed by atoms with Crippen LogP contribution in [0.4, 0.5) is 13.2 Å². The highest BCUT2D eigenvalue weighted by Gasteiger charge is 2.42. The molecule has 154 valence electrons. The van der Waals surface area contributed by atoms with E-state index < -0.39 is 29.7 Å². The van der Waals surface area contributed by atoms with Crippen LogP contribution in [0.3, 0.4) is 0 Å². The van der Waals surface area contributed by atoms with Crippen LogP contribution < -0.4 is 0 Å². The Morgan fingerprint density at radius 3 is 2.34 bits per heavy atom. The van der Waals surface area contributed by atoms with Crippen LogP contribution in [-0.4, -0.2) is 41.1 Å². The van der Waals surface area contributed by atoms with Crippen molar-refractivity contribution in [2.24, 2.45) is 0 Å². The zero-order valence-electron chi connectivity index (χ0n) is 15.7. The third-order valence-electron chi connectivity index (χ3n) is 4.78. The summed E-state index contributed by atoms with van der Waals surface area (Å²) in [6.45, 7) is 0. The van der Waals surface area contributed by atoms with E-state index in [0.717, 1.165) is 29.8 Å². The highest BCUT2D eigenvalue weighted by atomic mass is 32.2. The number of rotatable bonds is 5. The predicted molar refractivity (Wildman–Crippen MR) is 104 cm³/mol. The average molecular weight is 423 g/mol. The number of benzene rings is 2. The third-order valence-corrected chi connectivity index (χ3v) is 6.14. The molecule has 1 heterocycles. The van der Waals surface area contributed by atoms with Gasteiger partial charge in [-0.2, -0.15) is 13.2 Å². The molecule has 2 aromatic carbocycles. The molecule has 29 heavy (non-hydrogen) atoms. The van der Waals surface area contributed by atoms with E-state index in [1.807, 2.05) is 30.3 Å². The molecule has 4 nitrogen and oxygen atoms in total. The number of aryl methyl sites for hydroxylation is 1. The highest BCUT2D eigenvalue weighted by molar-refractivity contribution is 8.00. The summed E-state index contributed by atoms with van der Waals surface area (Å²) >= 11 is 1.48. The van der Waals surface area contributed by atoms with Crippen LogP contribution in [0.1, 0.15) is 27.9 Å². The zero-order valence-corrected chi connectivity index (χ0v) is 16.5. The summed E-state index contributed by atoms with van der Waals surface area (Å²) in [6.07, 6.45) is -3.14. The van der Waals surface area contributed by atoms with Crippen LogP contribution in [0.25, 0.3) is 0 Å². The number of halogens is 3. The summed E-state index contributed by atoms with van der Waals surface area (Å²) in [5, 5.41) is -0.269. The number of hydrogen-bond donors (Lipinski definition) is 0. The van der Waals surface area contributed by atoms with Gasteiger partial charge in [0.2, 0.25) is 0 Å². The minimum absolute atomic E-state index is 0.110. The summed E-state index contributed by atoms with van der Waals surface area (Å²) in [5.41, 5.74) is 0.394. The van der Waals surface area contributed by atoms with Gasteiger partial charge in [-0.05, 0) is 42.7 Å². The molecule has 2 atom stereocenters. The Bertz CT molecular complexity index is 856. The molecular formula is C21H20F3NO3S. The number of alkyl halides is 3. The van der Waals surface area contributed by atoms with E-state index in [2.05, 4.69) is 0 Å². The summed E-state index contributed by atoms with van der Waals surface area (Å²) in [4.78, 5) is 26.7. The molecule has 0 saturated carbocycles. The first-order valence-corrected chi connectivity index (χ1v) is 10.1. The van der Waals surface area contributed by atoms with Crippen LogP contribution in [0, 0.1) is 0 Å². The van der Waals surface area contributed by atoms with Gasteiger partial charge in [-0.25, -0.2) is 4.79 Å². The van der Waals surface area contributed by atoms with E-state index in [1.165, 1.54) is 23.8 Å². The molecule has 0 N–H and O–H groups in total. The molecule has 3 rings (SSSR count). The van der Waals surface area contributed by atoms with Crippen LogP contribution in [0.5, 0.6) is 0 Å². The molecule has 2 unspecified atom stereocenters. The van der Waals surface area contributed by atoms with E-state index in [-0.39, 0.29) is 10.9 Å². The standard InChI is InChI=1S/C21H20F3NO3S/c1-28-20(27)17-13-29-18(12-7-14-5-3-2-4-6-14)25(17)19(26)15-8-10-16(11-9-15)21(22,23)24/h2-6,8-11,17-18H,7,12-13H2,1H3. The summed E-state index contributed by atoms with van der Waals surface area (Å²) in [7, 11) is 1.26. The lowest BCUT2D eigenvalue weighted by molar-refractivity contribution is -0.145. The lowest BCUT2D eigenvalue weighted by atomic mass is 10.1. The number of amides is 1. The van der Waals surface area contributed by atoms with E-state index in [9.17, 15) is 22.8 Å². The van der Waals surface area contributed by atoms with Crippen molar-refractivity contribution in [3.8, 4) is 0 Å². The average Bonchev–Trinajstić information content (AvgIpc) is 3.15. The van der Waals surface area contributed by atoms with Crippen LogP contribution >= 0.6 is 11.8 Å². The maximum atomic E-state index is 13.1. The second-order valence-corrected chi connectivity index (χ2v) is 7.85. The lowest BCUT2D eigenvalue weighted by Crippen LogP contribution is -2.46. The molecule has 0 spiro atoms. The molecular weight excluding hydrogens is 403 g/mol. The normalized spacial score (nSPS) is 19.2. The van der Waals surface area contributed by atoms with Gasteiger partial charge in [0, 0.05) is 11.3 Å². The van der Waals surface area contributed by atoms with Gasteiger partial charge in [0.1, 0.15) is 6.04 Å². The second-order valence-electron chi connectivity index (χ2n) is 6.64. The number of nitrogens with zero attached hydrogens (tertiary/aromatic N) is 1. The van der Waals surface area contributed by atoms with Crippen molar-refractivity contribution in [2.45, 2.75) is 30.4 Å². The molecule has 0 radical (unpaired) electrons. The molecule has 0 aromatic heterocycles. The van der Waals surface area contributed by atoms with Crippen LogP contribution in [-0.2, 0) is 22.1 Å². The number of carbonyl (C=O) groups is 2. The second kappa shape index (κ2) is 8.90. The lowest BCUT2D eigenvalue weighted by Gasteiger charge is -2.28. The van der Waals surface area contributed by atoms with Crippen LogP contribution in [0.2, 0.25) is 0 Å². The van der Waals surface area contributed by atoms with Gasteiger partial charge in [-0.3, -0.25) is 4.79 Å². The Labute approximate surface area is 171 Å². The molecule has 1 saturated heterocycles. The topological polar surface area (TPSA) is 46.6 Å². The smallest absolute Gasteiger partial charge is 0.416 e. The largest absolute Gasteiger partial charge is 0.467 e. The Kier molecular flexibility index (Phi) is 6.52. The van der Waals surface area contributed by atoms with E-state index in [4.69, 9.17) is 4.74 Å². The SMILES string of the molecule is COC(=O)C1CSC(CCc2ccccc2)N1C(=O)c1ccc(C(F)(F)F)cc1. The minimum atomic E-state index is -4.47. The number of methoxy groups -OCH3 is 1. The van der Waals surface area contributed by atoms with Crippen molar-refractivity contribution in [1.29, 1.82) is 0 Å². The third kappa shape index (κ3) is 4.93. The van der Waals surface area contributed by atoms with Crippen molar-refractivity contribution in [3.63, 3.8) is 0 Å². The molecule has 1 amide bonds. The fourth-order valence-corrected chi connectivity index (χ4v) is 4.65. The molecule has 1 fully saturated rings. The van der Waals surface area contributed by atoms with Crippen molar-refractivity contribution in [2.75, 3.05) is 12.9 Å². The fraction of sp³-hybridized carbons (Fsp3) is 0.333. The molecule has 0 aliphatic carbocycles. The van der Waals surface area contributed by atoms with Gasteiger partial charge in [-0.15, -0.1) is 11.8 Å². The van der Waals surface area contributed by atoms with Gasteiger partial charge in [0.15, 0.2) is 0 Å². The van der Waals surface area contributed by atoms with Gasteiger partial charge in [0.25, 0.3) is 5.91 Å². The maximum absolute atomic E-state index is 13.1. The van der Waals surface area contributed by atoms with E-state index in [1.54, 1.807) is 0 Å². The van der Waals surface area contributed by atoms with Gasteiger partial charge < -0.3 is 9.64 Å². The number of ether oxygens (including phenoxy) is 1. The first-order valence-electron chi connectivity index (χ1n) is 9.04. The number of carbonyl (C=O) groups excluding carboxylic acids is 2. The summed E-state index contributed by atoms with van der Waals surface area (Å²) in [6, 6.07) is 13.0. The van der Waals surface area contributed by atoms with E-state index >= 15 is 0 Å². The first kappa shape index (κ1) is 21.2. The molecule has 1 aliphatic rings. The highest BCUT2D eigenvalue weighted by Crippen LogP contribution is 2.35. The van der Waals surface area contributed by atoms with Gasteiger partial charge in [0.05, 0.1) is 18.0 Å². The Hall–Kier alpha value is -2.48. The monoisotopic (exact) mass is 423 g/mol. The van der Waals surface area contributed by atoms with Gasteiger partial charge in [-0.1, -0.05) is 30.3 Å². The number of esters is 1. The van der Waals surface area contributed by atoms with Crippen LogP contribution in [0.15, 0.2) is 54.6 Å². The first-order chi connectivity index (χ1) is 13.8. The maximum Gasteiger partial charge on any atom is 0.416 e. The predicted octanol–water partition coefficient (Wildman–Crippen LogP) is 4.39. The molecule has 0 bridgehead atoms. The van der Waals surface area contributed by atoms with Crippen molar-refractivity contribution in [3.05, 3.63) is 71.3 Å². The number of thioether (sulfide) groups is 1. The molecule has 8 heteroatoms. The quantitative estimate of drug-likeness (QED) is 0.669. The summed E-state index contributed by atoms with van der Waals surface area (Å²) < 4.78 is 43.2. The Morgan fingerprint density at radius 1 is 1.10 bits per heavy atom. The van der Waals surface area contributed by atoms with Crippen molar-refractivity contribution in [1.82, 2.24) is 4.90 Å². The van der Waals surface area contributed by atoms with E-state index in [0.29, 0.717) is 18.6 Å². The van der Waals surface area contributed by atoms with Crippen molar-refractivity contribution >= 4 is 23.6 Å². The fourth-order valence-electron chi connectivity index (χ4n) is 3.26. The van der Waals surface area contributed by atoms with Crippen molar-refractivity contribution < 1.29 is 27.5 Å². The Morgan fingerprint density at radius 2 is 1.76 bits per heavy atom. The molecule has 1 aliphatic heterocycles. The number of hydrogen-bond acceptors (Lipinski definition) is 4.